The van der Waals surface area contributed by atoms with Gasteiger partial charge in [0.05, 0.1) is 5.69 Å². The van der Waals surface area contributed by atoms with Crippen molar-refractivity contribution in [3.05, 3.63) is 17.5 Å². The minimum Gasteiger partial charge on any atom is -0.338 e. The van der Waals surface area contributed by atoms with Gasteiger partial charge in [0.15, 0.2) is 0 Å². The molecule has 19 heavy (non-hydrogen) atoms. The van der Waals surface area contributed by atoms with E-state index in [0.717, 1.165) is 50.4 Å². The molecule has 1 N–H and O–H groups in total. The molecule has 0 bridgehead atoms. The number of aryl methyl sites for hydroxylation is 2. The zero-order valence-corrected chi connectivity index (χ0v) is 12.1. The molecule has 1 aromatic heterocycles. The van der Waals surface area contributed by atoms with E-state index >= 15 is 0 Å². The number of rotatable bonds is 4. The van der Waals surface area contributed by atoms with Gasteiger partial charge in [0.2, 0.25) is 5.91 Å². The van der Waals surface area contributed by atoms with E-state index in [1.54, 1.807) is 0 Å². The average Bonchev–Trinajstić information content (AvgIpc) is 2.90. The van der Waals surface area contributed by atoms with Crippen molar-refractivity contribution in [1.29, 1.82) is 0 Å². The molecule has 1 amide bonds. The van der Waals surface area contributed by atoms with Crippen LogP contribution in [-0.4, -0.2) is 46.8 Å². The number of amides is 1. The maximum atomic E-state index is 12.5. The van der Waals surface area contributed by atoms with Crippen LogP contribution in [0.25, 0.3) is 0 Å². The number of hydrogen-bond donors (Lipinski definition) is 1. The maximum absolute atomic E-state index is 12.5. The number of piperazine rings is 1. The summed E-state index contributed by atoms with van der Waals surface area (Å²) in [5.74, 6) is 0.182. The van der Waals surface area contributed by atoms with E-state index in [1.807, 2.05) is 16.5 Å². The quantitative estimate of drug-likeness (QED) is 0.882. The Morgan fingerprint density at radius 2 is 2.05 bits per heavy atom. The summed E-state index contributed by atoms with van der Waals surface area (Å²) in [4.78, 5) is 14.4. The van der Waals surface area contributed by atoms with Crippen molar-refractivity contribution >= 4 is 5.91 Å². The van der Waals surface area contributed by atoms with Gasteiger partial charge in [0, 0.05) is 31.9 Å². The lowest BCUT2D eigenvalue weighted by Gasteiger charge is -2.30. The zero-order valence-electron chi connectivity index (χ0n) is 12.1. The van der Waals surface area contributed by atoms with Gasteiger partial charge in [0.25, 0.3) is 0 Å². The van der Waals surface area contributed by atoms with Crippen LogP contribution in [-0.2, 0) is 17.6 Å². The monoisotopic (exact) mass is 264 g/mol. The highest BCUT2D eigenvalue weighted by molar-refractivity contribution is 5.80. The van der Waals surface area contributed by atoms with Crippen LogP contribution in [0.4, 0.5) is 0 Å². The molecule has 1 unspecified atom stereocenters. The average molecular weight is 264 g/mol. The molecular weight excluding hydrogens is 240 g/mol. The van der Waals surface area contributed by atoms with Crippen LogP contribution >= 0.6 is 0 Å². The van der Waals surface area contributed by atoms with Gasteiger partial charge in [-0.3, -0.25) is 9.48 Å². The van der Waals surface area contributed by atoms with Crippen LogP contribution < -0.4 is 5.32 Å². The van der Waals surface area contributed by atoms with Crippen LogP contribution in [0.3, 0.4) is 0 Å². The van der Waals surface area contributed by atoms with Crippen molar-refractivity contribution < 1.29 is 4.79 Å². The van der Waals surface area contributed by atoms with Crippen molar-refractivity contribution in [1.82, 2.24) is 20.0 Å². The summed E-state index contributed by atoms with van der Waals surface area (Å²) in [6, 6.07) is 1.91. The number of carbonyl (C=O) groups is 1. The third-order valence-corrected chi connectivity index (χ3v) is 3.74. The van der Waals surface area contributed by atoms with E-state index in [-0.39, 0.29) is 11.9 Å². The van der Waals surface area contributed by atoms with E-state index in [1.165, 1.54) is 0 Å². The van der Waals surface area contributed by atoms with Crippen LogP contribution in [0, 0.1) is 0 Å². The summed E-state index contributed by atoms with van der Waals surface area (Å²) in [6.07, 6.45) is 1.82. The lowest BCUT2D eigenvalue weighted by Crippen LogP contribution is -2.48. The first-order valence-corrected chi connectivity index (χ1v) is 7.24. The number of aromatic nitrogens is 2. The number of hydrogen-bond acceptors (Lipinski definition) is 3. The second-order valence-electron chi connectivity index (χ2n) is 5.03. The molecule has 2 heterocycles. The van der Waals surface area contributed by atoms with Gasteiger partial charge >= 0.3 is 0 Å². The highest BCUT2D eigenvalue weighted by Crippen LogP contribution is 2.16. The van der Waals surface area contributed by atoms with Crippen molar-refractivity contribution in [2.45, 2.75) is 39.7 Å². The third kappa shape index (κ3) is 2.97. The Labute approximate surface area is 115 Å². The highest BCUT2D eigenvalue weighted by atomic mass is 16.2. The summed E-state index contributed by atoms with van der Waals surface area (Å²) >= 11 is 0. The Balaban J connectivity index is 2.15. The molecular formula is C14H24N4O. The lowest BCUT2D eigenvalue weighted by atomic mass is 10.2. The SMILES string of the molecule is CCc1cc(CC)n(C(C)C(=O)N2CCNCC2)n1. The first kappa shape index (κ1) is 14.1. The standard InChI is InChI=1S/C14H24N4O/c1-4-12-10-13(5-2)18(16-12)11(3)14(19)17-8-6-15-7-9-17/h10-11,15H,4-9H2,1-3H3. The Morgan fingerprint density at radius 3 is 2.63 bits per heavy atom. The first-order valence-electron chi connectivity index (χ1n) is 7.24. The first-order chi connectivity index (χ1) is 9.17. The zero-order chi connectivity index (χ0) is 13.8. The topological polar surface area (TPSA) is 50.2 Å². The van der Waals surface area contributed by atoms with Gasteiger partial charge in [-0.1, -0.05) is 13.8 Å². The summed E-state index contributed by atoms with van der Waals surface area (Å²) in [6.45, 7) is 9.52. The minimum atomic E-state index is -0.201. The van der Waals surface area contributed by atoms with Gasteiger partial charge in [-0.15, -0.1) is 0 Å². The molecule has 0 aliphatic carbocycles. The number of nitrogens with zero attached hydrogens (tertiary/aromatic N) is 3. The van der Waals surface area contributed by atoms with Crippen LogP contribution in [0.2, 0.25) is 0 Å². The molecule has 1 atom stereocenters. The molecule has 1 fully saturated rings. The Hall–Kier alpha value is -1.36. The molecule has 0 radical (unpaired) electrons. The molecule has 5 heteroatoms. The van der Waals surface area contributed by atoms with E-state index < -0.39 is 0 Å². The molecule has 106 valence electrons. The molecule has 1 aliphatic rings. The second kappa shape index (κ2) is 6.19. The summed E-state index contributed by atoms with van der Waals surface area (Å²) < 4.78 is 1.91. The molecule has 1 aromatic rings. The molecule has 0 saturated carbocycles. The molecule has 2 rings (SSSR count). The van der Waals surface area contributed by atoms with E-state index in [9.17, 15) is 4.79 Å². The second-order valence-corrected chi connectivity index (χ2v) is 5.03. The van der Waals surface area contributed by atoms with Crippen LogP contribution in [0.5, 0.6) is 0 Å². The summed E-state index contributed by atoms with van der Waals surface area (Å²) in [5.41, 5.74) is 2.21. The largest absolute Gasteiger partial charge is 0.338 e. The predicted molar refractivity (Wildman–Crippen MR) is 75.1 cm³/mol. The van der Waals surface area contributed by atoms with Crippen molar-refractivity contribution in [3.63, 3.8) is 0 Å². The van der Waals surface area contributed by atoms with Gasteiger partial charge < -0.3 is 10.2 Å². The molecule has 0 aromatic carbocycles. The Bertz CT molecular complexity index is 435. The van der Waals surface area contributed by atoms with Gasteiger partial charge in [-0.25, -0.2) is 0 Å². The Morgan fingerprint density at radius 1 is 1.37 bits per heavy atom. The molecule has 1 aliphatic heterocycles. The predicted octanol–water partition coefficient (Wildman–Crippen LogP) is 1.00. The fourth-order valence-electron chi connectivity index (χ4n) is 2.52. The Kier molecular flexibility index (Phi) is 4.58. The maximum Gasteiger partial charge on any atom is 0.247 e. The van der Waals surface area contributed by atoms with Crippen LogP contribution in [0.1, 0.15) is 38.2 Å². The normalized spacial score (nSPS) is 17.5. The van der Waals surface area contributed by atoms with Gasteiger partial charge in [-0.2, -0.15) is 5.10 Å². The van der Waals surface area contributed by atoms with E-state index in [4.69, 9.17) is 0 Å². The molecule has 1 saturated heterocycles. The number of carbonyl (C=O) groups excluding carboxylic acids is 1. The highest BCUT2D eigenvalue weighted by Gasteiger charge is 2.25. The van der Waals surface area contributed by atoms with Crippen molar-refractivity contribution in [2.24, 2.45) is 0 Å². The van der Waals surface area contributed by atoms with Crippen LogP contribution in [0.15, 0.2) is 6.07 Å². The fraction of sp³-hybridized carbons (Fsp3) is 0.714. The summed E-state index contributed by atoms with van der Waals surface area (Å²) in [7, 11) is 0. The lowest BCUT2D eigenvalue weighted by molar-refractivity contribution is -0.135. The van der Waals surface area contributed by atoms with Crippen molar-refractivity contribution in [2.75, 3.05) is 26.2 Å². The molecule has 0 spiro atoms. The fourth-order valence-corrected chi connectivity index (χ4v) is 2.52. The minimum absolute atomic E-state index is 0.182. The van der Waals surface area contributed by atoms with E-state index in [2.05, 4.69) is 30.3 Å². The third-order valence-electron chi connectivity index (χ3n) is 3.74. The van der Waals surface area contributed by atoms with Crippen molar-refractivity contribution in [3.8, 4) is 0 Å². The van der Waals surface area contributed by atoms with Gasteiger partial charge in [0.1, 0.15) is 6.04 Å². The molecule has 5 nitrogen and oxygen atoms in total. The number of nitrogens with one attached hydrogen (secondary N) is 1. The van der Waals surface area contributed by atoms with Gasteiger partial charge in [-0.05, 0) is 25.8 Å². The summed E-state index contributed by atoms with van der Waals surface area (Å²) in [5, 5.41) is 7.84. The van der Waals surface area contributed by atoms with E-state index in [0.29, 0.717) is 0 Å². The smallest absolute Gasteiger partial charge is 0.247 e.